The van der Waals surface area contributed by atoms with Crippen LogP contribution in [0, 0.1) is 57.2 Å². The summed E-state index contributed by atoms with van der Waals surface area (Å²) in [6, 6.07) is 13.9. The number of ketones is 1. The number of fused-ring (bicyclic) bond motifs is 7. The molecule has 0 bridgehead atoms. The van der Waals surface area contributed by atoms with Gasteiger partial charge in [-0.15, -0.1) is 0 Å². The standard InChI is InChI=1S/C45H60N2O6/c1-27(48)32-15-22-45(41(53)46-24-19-28-7-6-8-31(25-28)39(50)47-26-29-9-11-30(12-10-29)40(51)52)23-16-34-33(38(32)45)13-14-36-43(34,4)20-17-35-42(2,3)37(49)18-21-44(35,36)5/h6-12,25,32-38,49H,13-24,26H2,1-5H3,(H,46,53)(H,47,50)(H,51,52). The Hall–Kier alpha value is -3.52. The summed E-state index contributed by atoms with van der Waals surface area (Å²) < 4.78 is 0. The van der Waals surface area contributed by atoms with Crippen LogP contribution in [-0.2, 0) is 22.6 Å². The Labute approximate surface area is 315 Å². The number of hydrogen-bond donors (Lipinski definition) is 4. The minimum atomic E-state index is -0.987. The molecule has 5 saturated carbocycles. The van der Waals surface area contributed by atoms with E-state index in [4.69, 9.17) is 5.11 Å². The Morgan fingerprint density at radius 3 is 2.19 bits per heavy atom. The van der Waals surface area contributed by atoms with Crippen LogP contribution in [0.15, 0.2) is 48.5 Å². The van der Waals surface area contributed by atoms with Crippen LogP contribution < -0.4 is 10.6 Å². The summed E-state index contributed by atoms with van der Waals surface area (Å²) in [6.45, 7) is 12.2. The zero-order chi connectivity index (χ0) is 37.9. The van der Waals surface area contributed by atoms with Gasteiger partial charge in [0.2, 0.25) is 5.91 Å². The van der Waals surface area contributed by atoms with Crippen LogP contribution in [0.2, 0.25) is 0 Å². The van der Waals surface area contributed by atoms with E-state index in [0.29, 0.717) is 42.2 Å². The quantitative estimate of drug-likeness (QED) is 0.211. The monoisotopic (exact) mass is 724 g/mol. The van der Waals surface area contributed by atoms with E-state index in [0.717, 1.165) is 68.9 Å². The van der Waals surface area contributed by atoms with E-state index in [1.165, 1.54) is 18.6 Å². The lowest BCUT2D eigenvalue weighted by Gasteiger charge is -2.69. The second-order valence-corrected chi connectivity index (χ2v) is 18.7. The highest BCUT2D eigenvalue weighted by Crippen LogP contribution is 2.73. The van der Waals surface area contributed by atoms with Crippen LogP contribution >= 0.6 is 0 Å². The molecule has 53 heavy (non-hydrogen) atoms. The molecule has 10 atom stereocenters. The van der Waals surface area contributed by atoms with Gasteiger partial charge in [0.05, 0.1) is 17.1 Å². The van der Waals surface area contributed by atoms with Crippen molar-refractivity contribution in [1.29, 1.82) is 0 Å². The predicted molar refractivity (Wildman–Crippen MR) is 204 cm³/mol. The van der Waals surface area contributed by atoms with Crippen molar-refractivity contribution < 1.29 is 29.4 Å². The minimum Gasteiger partial charge on any atom is -0.478 e. The first kappa shape index (κ1) is 37.8. The van der Waals surface area contributed by atoms with Gasteiger partial charge in [0.25, 0.3) is 5.91 Å². The topological polar surface area (TPSA) is 133 Å². The van der Waals surface area contributed by atoms with Gasteiger partial charge in [-0.3, -0.25) is 14.4 Å². The molecule has 0 spiro atoms. The van der Waals surface area contributed by atoms with E-state index in [9.17, 15) is 24.3 Å². The van der Waals surface area contributed by atoms with Gasteiger partial charge < -0.3 is 20.8 Å². The average molecular weight is 725 g/mol. The molecular formula is C45H60N2O6. The molecule has 2 aromatic carbocycles. The molecule has 0 heterocycles. The summed E-state index contributed by atoms with van der Waals surface area (Å²) in [5, 5.41) is 26.4. The number of benzene rings is 2. The molecule has 4 N–H and O–H groups in total. The fourth-order valence-corrected chi connectivity index (χ4v) is 13.5. The van der Waals surface area contributed by atoms with Crippen molar-refractivity contribution in [1.82, 2.24) is 10.6 Å². The highest BCUT2D eigenvalue weighted by atomic mass is 16.4. The second-order valence-electron chi connectivity index (χ2n) is 18.7. The number of aliphatic hydroxyl groups excluding tert-OH is 1. The number of carbonyl (C=O) groups is 4. The lowest BCUT2D eigenvalue weighted by molar-refractivity contribution is -0.216. The van der Waals surface area contributed by atoms with Crippen molar-refractivity contribution in [2.75, 3.05) is 6.54 Å². The fourth-order valence-electron chi connectivity index (χ4n) is 13.5. The molecule has 286 valence electrons. The summed E-state index contributed by atoms with van der Waals surface area (Å²) in [5.74, 6) is 1.17. The van der Waals surface area contributed by atoms with Crippen LogP contribution in [0.1, 0.15) is 131 Å². The molecule has 8 nitrogen and oxygen atoms in total. The van der Waals surface area contributed by atoms with Gasteiger partial charge in [0.15, 0.2) is 0 Å². The molecule has 0 aliphatic heterocycles. The smallest absolute Gasteiger partial charge is 0.335 e. The van der Waals surface area contributed by atoms with Crippen LogP contribution in [0.4, 0.5) is 0 Å². The molecule has 0 radical (unpaired) electrons. The largest absolute Gasteiger partial charge is 0.478 e. The van der Waals surface area contributed by atoms with Crippen molar-refractivity contribution >= 4 is 23.6 Å². The van der Waals surface area contributed by atoms with Gasteiger partial charge in [0.1, 0.15) is 5.78 Å². The zero-order valence-electron chi connectivity index (χ0n) is 32.4. The molecule has 0 saturated heterocycles. The Balaban J connectivity index is 1.02. The van der Waals surface area contributed by atoms with Gasteiger partial charge in [-0.25, -0.2) is 4.79 Å². The Bertz CT molecular complexity index is 1750. The summed E-state index contributed by atoms with van der Waals surface area (Å²) in [6.07, 6.45) is 10.3. The Morgan fingerprint density at radius 2 is 1.47 bits per heavy atom. The number of Topliss-reactive ketones (excluding diaryl/α,β-unsaturated/α-hetero) is 1. The number of aliphatic hydroxyl groups is 1. The fraction of sp³-hybridized carbons (Fsp3) is 0.644. The van der Waals surface area contributed by atoms with Crippen molar-refractivity contribution in [3.05, 3.63) is 70.8 Å². The molecular weight excluding hydrogens is 665 g/mol. The SMILES string of the molecule is CC(=O)C1CCC2(C(=O)NCCc3cccc(C(=O)NCc4ccc(C(=O)O)cc4)c3)CCC3C(CCC4C3(C)CCC3C(C)(C)C(O)CCC34C)C12. The first-order valence-corrected chi connectivity index (χ1v) is 20.3. The molecule has 2 aromatic rings. The van der Waals surface area contributed by atoms with Crippen molar-refractivity contribution in [3.63, 3.8) is 0 Å². The molecule has 7 rings (SSSR count). The first-order chi connectivity index (χ1) is 25.1. The van der Waals surface area contributed by atoms with Crippen molar-refractivity contribution in [2.45, 2.75) is 118 Å². The third-order valence-electron chi connectivity index (χ3n) is 16.1. The second kappa shape index (κ2) is 14.0. The molecule has 5 aliphatic rings. The van der Waals surface area contributed by atoms with Crippen LogP contribution in [-0.4, -0.2) is 46.4 Å². The maximum Gasteiger partial charge on any atom is 0.335 e. The van der Waals surface area contributed by atoms with E-state index >= 15 is 0 Å². The lowest BCUT2D eigenvalue weighted by Crippen LogP contribution is -2.64. The highest BCUT2D eigenvalue weighted by Gasteiger charge is 2.68. The summed E-state index contributed by atoms with van der Waals surface area (Å²) in [5.41, 5.74) is 2.31. The number of carboxylic acids is 1. The highest BCUT2D eigenvalue weighted by molar-refractivity contribution is 5.94. The van der Waals surface area contributed by atoms with Gasteiger partial charge in [-0.1, -0.05) is 52.0 Å². The van der Waals surface area contributed by atoms with Crippen LogP contribution in [0.5, 0.6) is 0 Å². The van der Waals surface area contributed by atoms with Gasteiger partial charge in [-0.05, 0) is 159 Å². The molecule has 0 aromatic heterocycles. The predicted octanol–water partition coefficient (Wildman–Crippen LogP) is 7.61. The Kier molecular flexibility index (Phi) is 9.95. The van der Waals surface area contributed by atoms with Crippen LogP contribution in [0.25, 0.3) is 0 Å². The lowest BCUT2D eigenvalue weighted by atomic mass is 9.36. The van der Waals surface area contributed by atoms with Gasteiger partial charge >= 0.3 is 5.97 Å². The number of aromatic carboxylic acids is 1. The molecule has 2 amide bonds. The zero-order valence-corrected chi connectivity index (χ0v) is 32.4. The minimum absolute atomic E-state index is 0.0605. The normalized spacial score (nSPS) is 36.9. The number of carbonyl (C=O) groups excluding carboxylic acids is 3. The number of amides is 2. The van der Waals surface area contributed by atoms with E-state index in [1.54, 1.807) is 25.1 Å². The molecule has 5 fully saturated rings. The van der Waals surface area contributed by atoms with E-state index in [-0.39, 0.29) is 63.9 Å². The average Bonchev–Trinajstić information content (AvgIpc) is 3.54. The molecule has 8 heteroatoms. The third-order valence-corrected chi connectivity index (χ3v) is 16.1. The Morgan fingerprint density at radius 1 is 0.755 bits per heavy atom. The summed E-state index contributed by atoms with van der Waals surface area (Å²) >= 11 is 0. The first-order valence-electron chi connectivity index (χ1n) is 20.3. The summed E-state index contributed by atoms with van der Waals surface area (Å²) in [4.78, 5) is 51.9. The third kappa shape index (κ3) is 6.34. The number of rotatable bonds is 9. The van der Waals surface area contributed by atoms with Gasteiger partial charge in [0, 0.05) is 24.6 Å². The number of nitrogens with one attached hydrogen (secondary N) is 2. The van der Waals surface area contributed by atoms with E-state index in [1.807, 2.05) is 18.2 Å². The maximum atomic E-state index is 14.4. The van der Waals surface area contributed by atoms with Crippen LogP contribution in [0.3, 0.4) is 0 Å². The van der Waals surface area contributed by atoms with Gasteiger partial charge in [-0.2, -0.15) is 0 Å². The molecule has 10 unspecified atom stereocenters. The number of carboxylic acid groups (broad SMARTS) is 1. The maximum absolute atomic E-state index is 14.4. The number of hydrogen-bond acceptors (Lipinski definition) is 5. The summed E-state index contributed by atoms with van der Waals surface area (Å²) in [7, 11) is 0. The molecule has 5 aliphatic carbocycles. The van der Waals surface area contributed by atoms with Crippen molar-refractivity contribution in [3.8, 4) is 0 Å². The van der Waals surface area contributed by atoms with Crippen molar-refractivity contribution in [2.24, 2.45) is 57.2 Å². The van der Waals surface area contributed by atoms with E-state index in [2.05, 4.69) is 38.3 Å². The van der Waals surface area contributed by atoms with E-state index < -0.39 is 11.4 Å².